The Morgan fingerprint density at radius 1 is 1.17 bits per heavy atom. The van der Waals surface area contributed by atoms with E-state index in [2.05, 4.69) is 50.4 Å². The van der Waals surface area contributed by atoms with E-state index in [1.54, 1.807) is 0 Å². The molecule has 0 aromatic heterocycles. The average Bonchev–Trinajstić information content (AvgIpc) is 2.05. The van der Waals surface area contributed by atoms with Crippen LogP contribution in [0.5, 0.6) is 0 Å². The van der Waals surface area contributed by atoms with Crippen molar-refractivity contribution in [2.24, 2.45) is 0 Å². The molecule has 0 saturated carbocycles. The Balaban J connectivity index is 3.10. The van der Waals surface area contributed by atoms with E-state index < -0.39 is 0 Å². The SMILES string of the molecule is CNC(C)(C)c1ccccc1C. The van der Waals surface area contributed by atoms with Gasteiger partial charge in [-0.3, -0.25) is 0 Å². The van der Waals surface area contributed by atoms with Crippen molar-refractivity contribution in [1.82, 2.24) is 5.32 Å². The fourth-order valence-corrected chi connectivity index (χ4v) is 1.41. The maximum atomic E-state index is 3.30. The van der Waals surface area contributed by atoms with E-state index >= 15 is 0 Å². The summed E-state index contributed by atoms with van der Waals surface area (Å²) in [5.74, 6) is 0. The third-order valence-electron chi connectivity index (χ3n) is 2.44. The highest BCUT2D eigenvalue weighted by molar-refractivity contribution is 5.31. The van der Waals surface area contributed by atoms with Crippen molar-refractivity contribution in [2.45, 2.75) is 26.3 Å². The van der Waals surface area contributed by atoms with Gasteiger partial charge in [0.2, 0.25) is 0 Å². The molecule has 0 bridgehead atoms. The molecule has 0 saturated heterocycles. The summed E-state index contributed by atoms with van der Waals surface area (Å²) in [4.78, 5) is 0. The molecule has 1 N–H and O–H groups in total. The molecular weight excluding hydrogens is 146 g/mol. The first-order chi connectivity index (χ1) is 5.58. The van der Waals surface area contributed by atoms with Gasteiger partial charge in [-0.1, -0.05) is 24.3 Å². The molecule has 0 aliphatic heterocycles. The number of benzene rings is 1. The molecule has 0 amide bonds. The molecule has 0 radical (unpaired) electrons. The van der Waals surface area contributed by atoms with Crippen molar-refractivity contribution in [3.05, 3.63) is 35.4 Å². The average molecular weight is 163 g/mol. The standard InChI is InChI=1S/C11H17N/c1-9-7-5-6-8-10(9)11(2,3)12-4/h5-8,12H,1-4H3. The molecule has 0 atom stereocenters. The molecule has 1 nitrogen and oxygen atoms in total. The molecule has 1 aromatic rings. The smallest absolute Gasteiger partial charge is 0.0377 e. The largest absolute Gasteiger partial charge is 0.311 e. The zero-order chi connectivity index (χ0) is 9.19. The molecule has 1 rings (SSSR count). The fourth-order valence-electron chi connectivity index (χ4n) is 1.41. The van der Waals surface area contributed by atoms with Crippen LogP contribution in [-0.2, 0) is 5.54 Å². The first-order valence-electron chi connectivity index (χ1n) is 4.33. The number of aryl methyl sites for hydroxylation is 1. The van der Waals surface area contributed by atoms with E-state index in [-0.39, 0.29) is 5.54 Å². The van der Waals surface area contributed by atoms with Gasteiger partial charge >= 0.3 is 0 Å². The predicted octanol–water partition coefficient (Wildman–Crippen LogP) is 2.45. The van der Waals surface area contributed by atoms with E-state index in [1.165, 1.54) is 11.1 Å². The Morgan fingerprint density at radius 3 is 2.25 bits per heavy atom. The summed E-state index contributed by atoms with van der Waals surface area (Å²) in [6.07, 6.45) is 0. The van der Waals surface area contributed by atoms with Crippen LogP contribution in [0.2, 0.25) is 0 Å². The maximum Gasteiger partial charge on any atom is 0.0377 e. The van der Waals surface area contributed by atoms with Crippen LogP contribution in [0.4, 0.5) is 0 Å². The molecule has 0 heterocycles. The second-order valence-corrected chi connectivity index (χ2v) is 3.69. The molecule has 1 heteroatoms. The lowest BCUT2D eigenvalue weighted by molar-refractivity contribution is 0.442. The quantitative estimate of drug-likeness (QED) is 0.706. The zero-order valence-electron chi connectivity index (χ0n) is 8.31. The van der Waals surface area contributed by atoms with Crippen molar-refractivity contribution in [2.75, 3.05) is 7.05 Å². The van der Waals surface area contributed by atoms with Gasteiger partial charge < -0.3 is 5.32 Å². The van der Waals surface area contributed by atoms with Gasteiger partial charge in [0.15, 0.2) is 0 Å². The normalized spacial score (nSPS) is 11.7. The minimum Gasteiger partial charge on any atom is -0.311 e. The van der Waals surface area contributed by atoms with Crippen molar-refractivity contribution in [3.8, 4) is 0 Å². The van der Waals surface area contributed by atoms with Crippen molar-refractivity contribution >= 4 is 0 Å². The fraction of sp³-hybridized carbons (Fsp3) is 0.455. The van der Waals surface area contributed by atoms with Gasteiger partial charge in [-0.05, 0) is 38.9 Å². The molecule has 12 heavy (non-hydrogen) atoms. The van der Waals surface area contributed by atoms with Crippen LogP contribution in [0.1, 0.15) is 25.0 Å². The molecule has 0 aliphatic rings. The number of rotatable bonds is 2. The Bertz CT molecular complexity index is 263. The summed E-state index contributed by atoms with van der Waals surface area (Å²) < 4.78 is 0. The molecule has 1 aromatic carbocycles. The Hall–Kier alpha value is -0.820. The first kappa shape index (κ1) is 9.27. The number of hydrogen-bond donors (Lipinski definition) is 1. The zero-order valence-corrected chi connectivity index (χ0v) is 8.31. The monoisotopic (exact) mass is 163 g/mol. The highest BCUT2D eigenvalue weighted by Crippen LogP contribution is 2.22. The van der Waals surface area contributed by atoms with E-state index in [9.17, 15) is 0 Å². The second-order valence-electron chi connectivity index (χ2n) is 3.69. The molecular formula is C11H17N. The lowest BCUT2D eigenvalue weighted by Crippen LogP contribution is -2.33. The second kappa shape index (κ2) is 3.28. The van der Waals surface area contributed by atoms with Gasteiger partial charge in [0.1, 0.15) is 0 Å². The van der Waals surface area contributed by atoms with E-state index in [0.29, 0.717) is 0 Å². The van der Waals surface area contributed by atoms with E-state index in [1.807, 2.05) is 7.05 Å². The molecule has 0 unspecified atom stereocenters. The summed E-state index contributed by atoms with van der Waals surface area (Å²) in [5, 5.41) is 3.30. The maximum absolute atomic E-state index is 3.30. The minimum absolute atomic E-state index is 0.0747. The lowest BCUT2D eigenvalue weighted by Gasteiger charge is -2.26. The van der Waals surface area contributed by atoms with Crippen LogP contribution < -0.4 is 5.32 Å². The van der Waals surface area contributed by atoms with Crippen LogP contribution >= 0.6 is 0 Å². The molecule has 0 spiro atoms. The minimum atomic E-state index is 0.0747. The first-order valence-corrected chi connectivity index (χ1v) is 4.33. The van der Waals surface area contributed by atoms with Crippen LogP contribution in [0.3, 0.4) is 0 Å². The predicted molar refractivity (Wildman–Crippen MR) is 53.3 cm³/mol. The van der Waals surface area contributed by atoms with Gasteiger partial charge in [-0.15, -0.1) is 0 Å². The van der Waals surface area contributed by atoms with Crippen molar-refractivity contribution < 1.29 is 0 Å². The molecule has 0 fully saturated rings. The molecule has 66 valence electrons. The van der Waals surface area contributed by atoms with Crippen LogP contribution in [-0.4, -0.2) is 7.05 Å². The third-order valence-corrected chi connectivity index (χ3v) is 2.44. The van der Waals surface area contributed by atoms with Gasteiger partial charge in [-0.2, -0.15) is 0 Å². The van der Waals surface area contributed by atoms with Crippen molar-refractivity contribution in [1.29, 1.82) is 0 Å². The summed E-state index contributed by atoms with van der Waals surface area (Å²) in [7, 11) is 1.99. The van der Waals surface area contributed by atoms with Gasteiger partial charge in [0.05, 0.1) is 0 Å². The number of nitrogens with one attached hydrogen (secondary N) is 1. The van der Waals surface area contributed by atoms with E-state index in [4.69, 9.17) is 0 Å². The van der Waals surface area contributed by atoms with Crippen LogP contribution in [0.25, 0.3) is 0 Å². The van der Waals surface area contributed by atoms with Gasteiger partial charge in [-0.25, -0.2) is 0 Å². The number of hydrogen-bond acceptors (Lipinski definition) is 1. The summed E-state index contributed by atoms with van der Waals surface area (Å²) in [6, 6.07) is 8.48. The van der Waals surface area contributed by atoms with Crippen LogP contribution in [0, 0.1) is 6.92 Å². The summed E-state index contributed by atoms with van der Waals surface area (Å²) in [5.41, 5.74) is 2.79. The topological polar surface area (TPSA) is 12.0 Å². The van der Waals surface area contributed by atoms with Gasteiger partial charge in [0, 0.05) is 5.54 Å². The molecule has 0 aliphatic carbocycles. The van der Waals surface area contributed by atoms with Gasteiger partial charge in [0.25, 0.3) is 0 Å². The lowest BCUT2D eigenvalue weighted by atomic mass is 9.91. The summed E-state index contributed by atoms with van der Waals surface area (Å²) >= 11 is 0. The Morgan fingerprint density at radius 2 is 1.75 bits per heavy atom. The third kappa shape index (κ3) is 1.67. The van der Waals surface area contributed by atoms with Crippen LogP contribution in [0.15, 0.2) is 24.3 Å². The van der Waals surface area contributed by atoms with E-state index in [0.717, 1.165) is 0 Å². The Labute approximate surface area is 74.8 Å². The Kier molecular flexibility index (Phi) is 2.53. The highest BCUT2D eigenvalue weighted by atomic mass is 14.9. The van der Waals surface area contributed by atoms with Crippen molar-refractivity contribution in [3.63, 3.8) is 0 Å². The summed E-state index contributed by atoms with van der Waals surface area (Å²) in [6.45, 7) is 6.53. The highest BCUT2D eigenvalue weighted by Gasteiger charge is 2.18.